The van der Waals surface area contributed by atoms with Crippen molar-refractivity contribution in [3.8, 4) is 0 Å². The van der Waals surface area contributed by atoms with E-state index in [1.165, 1.54) is 30.0 Å². The molecule has 1 aromatic rings. The number of aliphatic hydroxyl groups excluding tert-OH is 1. The van der Waals surface area contributed by atoms with Crippen LogP contribution in [0.4, 0.5) is 0 Å². The van der Waals surface area contributed by atoms with Gasteiger partial charge in [-0.15, -0.1) is 0 Å². The number of H-pyrrole nitrogens is 1. The molecule has 2 N–H and O–H groups in total. The van der Waals surface area contributed by atoms with E-state index in [9.17, 15) is 9.59 Å². The van der Waals surface area contributed by atoms with Crippen LogP contribution in [0.3, 0.4) is 0 Å². The van der Waals surface area contributed by atoms with Crippen molar-refractivity contribution in [3.63, 3.8) is 0 Å². The summed E-state index contributed by atoms with van der Waals surface area (Å²) in [4.78, 5) is 26.1. The van der Waals surface area contributed by atoms with Gasteiger partial charge in [0.1, 0.15) is 12.4 Å². The SMILES string of the molecule is CCCCCCCOCc1cn([C@@H]2CC=C(CO)O2)c(=O)[nH]c1=O. The molecule has 1 aliphatic heterocycles. The molecule has 0 saturated carbocycles. The minimum atomic E-state index is -0.538. The highest BCUT2D eigenvalue weighted by molar-refractivity contribution is 5.06. The molecule has 1 aliphatic rings. The summed E-state index contributed by atoms with van der Waals surface area (Å²) in [6.07, 6.45) is 8.87. The normalized spacial score (nSPS) is 16.9. The summed E-state index contributed by atoms with van der Waals surface area (Å²) in [5.74, 6) is 0.433. The van der Waals surface area contributed by atoms with Gasteiger partial charge in [0.2, 0.25) is 0 Å². The minimum Gasteiger partial charge on any atom is -0.472 e. The maximum Gasteiger partial charge on any atom is 0.331 e. The first-order chi connectivity index (χ1) is 11.7. The maximum atomic E-state index is 12.0. The van der Waals surface area contributed by atoms with E-state index in [4.69, 9.17) is 14.6 Å². The fourth-order valence-electron chi connectivity index (χ4n) is 2.61. The number of unbranched alkanes of at least 4 members (excludes halogenated alkanes) is 4. The largest absolute Gasteiger partial charge is 0.472 e. The van der Waals surface area contributed by atoms with Crippen LogP contribution < -0.4 is 11.2 Å². The van der Waals surface area contributed by atoms with E-state index >= 15 is 0 Å². The Morgan fingerprint density at radius 1 is 1.33 bits per heavy atom. The van der Waals surface area contributed by atoms with Gasteiger partial charge in [-0.1, -0.05) is 32.6 Å². The Balaban J connectivity index is 1.90. The van der Waals surface area contributed by atoms with Crippen LogP contribution in [0.15, 0.2) is 27.6 Å². The third-order valence-electron chi connectivity index (χ3n) is 3.99. The van der Waals surface area contributed by atoms with E-state index in [0.29, 0.717) is 24.4 Å². The highest BCUT2D eigenvalue weighted by atomic mass is 16.5. The van der Waals surface area contributed by atoms with Crippen molar-refractivity contribution >= 4 is 0 Å². The van der Waals surface area contributed by atoms with E-state index in [2.05, 4.69) is 11.9 Å². The van der Waals surface area contributed by atoms with E-state index < -0.39 is 17.5 Å². The first kappa shape index (κ1) is 18.5. The lowest BCUT2D eigenvalue weighted by atomic mass is 10.2. The lowest BCUT2D eigenvalue weighted by molar-refractivity contribution is 0.0578. The molecule has 2 rings (SSSR count). The number of nitrogens with zero attached hydrogens (tertiary/aromatic N) is 1. The van der Waals surface area contributed by atoms with Crippen molar-refractivity contribution in [2.75, 3.05) is 13.2 Å². The van der Waals surface area contributed by atoms with E-state index in [1.807, 2.05) is 0 Å². The molecule has 1 aromatic heterocycles. The zero-order valence-corrected chi connectivity index (χ0v) is 14.1. The first-order valence-corrected chi connectivity index (χ1v) is 8.54. The van der Waals surface area contributed by atoms with Gasteiger partial charge >= 0.3 is 5.69 Å². The van der Waals surface area contributed by atoms with E-state index in [0.717, 1.165) is 12.8 Å². The van der Waals surface area contributed by atoms with Crippen molar-refractivity contribution < 1.29 is 14.6 Å². The summed E-state index contributed by atoms with van der Waals surface area (Å²) in [6, 6.07) is 0. The minimum absolute atomic E-state index is 0.163. The molecule has 24 heavy (non-hydrogen) atoms. The van der Waals surface area contributed by atoms with Crippen LogP contribution in [0.5, 0.6) is 0 Å². The van der Waals surface area contributed by atoms with Gasteiger partial charge < -0.3 is 14.6 Å². The summed E-state index contributed by atoms with van der Waals surface area (Å²) >= 11 is 0. The van der Waals surface area contributed by atoms with Crippen molar-refractivity contribution in [2.24, 2.45) is 0 Å². The fourth-order valence-corrected chi connectivity index (χ4v) is 2.61. The van der Waals surface area contributed by atoms with Gasteiger partial charge in [0.05, 0.1) is 12.2 Å². The summed E-state index contributed by atoms with van der Waals surface area (Å²) in [5.41, 5.74) is -0.569. The fraction of sp³-hybridized carbons (Fsp3) is 0.647. The van der Waals surface area contributed by atoms with Gasteiger partial charge in [-0.3, -0.25) is 14.3 Å². The zero-order chi connectivity index (χ0) is 17.4. The second-order valence-electron chi connectivity index (χ2n) is 5.92. The van der Waals surface area contributed by atoms with Crippen LogP contribution in [0.2, 0.25) is 0 Å². The Bertz CT molecular complexity index is 662. The lowest BCUT2D eigenvalue weighted by Crippen LogP contribution is -2.34. The average Bonchev–Trinajstić information content (AvgIpc) is 3.04. The molecule has 7 heteroatoms. The van der Waals surface area contributed by atoms with Crippen molar-refractivity contribution in [1.82, 2.24) is 9.55 Å². The van der Waals surface area contributed by atoms with Gasteiger partial charge in [-0.2, -0.15) is 0 Å². The molecule has 0 fully saturated rings. The highest BCUT2D eigenvalue weighted by Crippen LogP contribution is 2.24. The standard InChI is InChI=1S/C17H26N2O5/c1-2-3-4-5-6-9-23-12-13-10-19(17(22)18-16(13)21)15-8-7-14(11-20)24-15/h7,10,15,20H,2-6,8-9,11-12H2,1H3,(H,18,21,22)/t15-/m0/s1. The van der Waals surface area contributed by atoms with Gasteiger partial charge in [-0.05, 0) is 12.5 Å². The molecule has 0 saturated heterocycles. The number of ether oxygens (including phenoxy) is 2. The quantitative estimate of drug-likeness (QED) is 0.635. The van der Waals surface area contributed by atoms with E-state index in [-0.39, 0.29) is 13.2 Å². The molecule has 2 heterocycles. The van der Waals surface area contributed by atoms with E-state index in [1.54, 1.807) is 6.08 Å². The number of nitrogens with one attached hydrogen (secondary N) is 1. The van der Waals surface area contributed by atoms with Gasteiger partial charge in [0, 0.05) is 19.2 Å². The molecule has 0 bridgehead atoms. The molecule has 0 unspecified atom stereocenters. The molecule has 0 aromatic carbocycles. The van der Waals surface area contributed by atoms with Gasteiger partial charge in [0.15, 0.2) is 6.23 Å². The Hall–Kier alpha value is -1.86. The summed E-state index contributed by atoms with van der Waals surface area (Å²) in [5, 5.41) is 9.06. The summed E-state index contributed by atoms with van der Waals surface area (Å²) in [6.45, 7) is 2.72. The molecule has 0 aliphatic carbocycles. The van der Waals surface area contributed by atoms with Crippen LogP contribution in [-0.2, 0) is 16.1 Å². The first-order valence-electron chi connectivity index (χ1n) is 8.54. The van der Waals surface area contributed by atoms with Crippen molar-refractivity contribution in [2.45, 2.75) is 58.3 Å². The van der Waals surface area contributed by atoms with Crippen LogP contribution in [0, 0.1) is 0 Å². The molecule has 134 valence electrons. The number of aromatic amines is 1. The number of hydrogen-bond acceptors (Lipinski definition) is 5. The maximum absolute atomic E-state index is 12.0. The summed E-state index contributed by atoms with van der Waals surface area (Å²) < 4.78 is 12.3. The second-order valence-corrected chi connectivity index (χ2v) is 5.92. The number of rotatable bonds is 10. The molecule has 0 amide bonds. The Labute approximate surface area is 140 Å². The summed E-state index contributed by atoms with van der Waals surface area (Å²) in [7, 11) is 0. The Morgan fingerprint density at radius 2 is 2.12 bits per heavy atom. The predicted molar refractivity (Wildman–Crippen MR) is 89.6 cm³/mol. The monoisotopic (exact) mass is 338 g/mol. The molecule has 0 radical (unpaired) electrons. The molecular formula is C17H26N2O5. The van der Waals surface area contributed by atoms with Crippen LogP contribution >= 0.6 is 0 Å². The highest BCUT2D eigenvalue weighted by Gasteiger charge is 2.21. The number of aromatic nitrogens is 2. The third-order valence-corrected chi connectivity index (χ3v) is 3.99. The van der Waals surface area contributed by atoms with Crippen LogP contribution in [0.1, 0.15) is 57.2 Å². The lowest BCUT2D eigenvalue weighted by Gasteiger charge is -2.16. The molecule has 1 atom stereocenters. The topological polar surface area (TPSA) is 93.6 Å². The average molecular weight is 338 g/mol. The smallest absolute Gasteiger partial charge is 0.331 e. The van der Waals surface area contributed by atoms with Crippen molar-refractivity contribution in [3.05, 3.63) is 44.4 Å². The number of aliphatic hydroxyl groups is 1. The van der Waals surface area contributed by atoms with Gasteiger partial charge in [-0.25, -0.2) is 4.79 Å². The second kappa shape index (κ2) is 9.44. The van der Waals surface area contributed by atoms with Gasteiger partial charge in [0.25, 0.3) is 5.56 Å². The van der Waals surface area contributed by atoms with Crippen LogP contribution in [0.25, 0.3) is 0 Å². The van der Waals surface area contributed by atoms with Crippen molar-refractivity contribution in [1.29, 1.82) is 0 Å². The molecular weight excluding hydrogens is 312 g/mol. The third kappa shape index (κ3) is 5.07. The molecule has 7 nitrogen and oxygen atoms in total. The predicted octanol–water partition coefficient (Wildman–Crippen LogP) is 1.82. The molecule has 0 spiro atoms. The van der Waals surface area contributed by atoms with Crippen LogP contribution in [-0.4, -0.2) is 27.9 Å². The Morgan fingerprint density at radius 3 is 2.83 bits per heavy atom. The Kier molecular flexibility index (Phi) is 7.27. The number of hydrogen-bond donors (Lipinski definition) is 2. The zero-order valence-electron chi connectivity index (χ0n) is 14.1.